The normalized spacial score (nSPS) is 12.1. The van der Waals surface area contributed by atoms with Crippen molar-refractivity contribution in [2.45, 2.75) is 32.8 Å². The molecule has 1 unspecified atom stereocenters. The van der Waals surface area contributed by atoms with Gasteiger partial charge in [-0.15, -0.1) is 0 Å². The van der Waals surface area contributed by atoms with E-state index in [4.69, 9.17) is 15.9 Å². The van der Waals surface area contributed by atoms with Gasteiger partial charge in [-0.3, -0.25) is 5.41 Å². The second-order valence-corrected chi connectivity index (χ2v) is 3.49. The van der Waals surface area contributed by atoms with Crippen LogP contribution < -0.4 is 10.5 Å². The molecular formula is C11H17N3O. The lowest BCUT2D eigenvalue weighted by Gasteiger charge is -2.14. The Morgan fingerprint density at radius 2 is 2.40 bits per heavy atom. The molecule has 0 spiro atoms. The SMILES string of the molecule is CCCC(C)Oc1ncccc1C(=N)N. The second-order valence-electron chi connectivity index (χ2n) is 3.49. The monoisotopic (exact) mass is 207 g/mol. The zero-order valence-corrected chi connectivity index (χ0v) is 9.16. The maximum absolute atomic E-state index is 7.38. The molecule has 1 aromatic heterocycles. The molecule has 15 heavy (non-hydrogen) atoms. The van der Waals surface area contributed by atoms with Crippen molar-refractivity contribution in [3.05, 3.63) is 23.9 Å². The molecule has 0 bridgehead atoms. The Morgan fingerprint density at radius 3 is 3.00 bits per heavy atom. The third kappa shape index (κ3) is 3.23. The Labute approximate surface area is 90.0 Å². The Hall–Kier alpha value is -1.58. The molecular weight excluding hydrogens is 190 g/mol. The first kappa shape index (κ1) is 11.5. The van der Waals surface area contributed by atoms with Crippen molar-refractivity contribution in [1.82, 2.24) is 4.98 Å². The zero-order valence-electron chi connectivity index (χ0n) is 9.16. The van der Waals surface area contributed by atoms with E-state index >= 15 is 0 Å². The molecule has 1 aromatic rings. The molecule has 0 radical (unpaired) electrons. The van der Waals surface area contributed by atoms with Gasteiger partial charge in [0.1, 0.15) is 5.84 Å². The highest BCUT2D eigenvalue weighted by atomic mass is 16.5. The largest absolute Gasteiger partial charge is 0.474 e. The maximum atomic E-state index is 7.38. The number of rotatable bonds is 5. The van der Waals surface area contributed by atoms with Gasteiger partial charge in [0, 0.05) is 6.20 Å². The lowest BCUT2D eigenvalue weighted by atomic mass is 10.2. The minimum absolute atomic E-state index is 0.0122. The van der Waals surface area contributed by atoms with E-state index in [0.717, 1.165) is 12.8 Å². The van der Waals surface area contributed by atoms with Gasteiger partial charge in [0.2, 0.25) is 5.88 Å². The smallest absolute Gasteiger partial charge is 0.224 e. The molecule has 0 aliphatic heterocycles. The van der Waals surface area contributed by atoms with Gasteiger partial charge in [0.15, 0.2) is 0 Å². The van der Waals surface area contributed by atoms with E-state index in [1.165, 1.54) is 0 Å². The summed E-state index contributed by atoms with van der Waals surface area (Å²) in [6.07, 6.45) is 3.76. The predicted octanol–water partition coefficient (Wildman–Crippen LogP) is 1.93. The number of pyridine rings is 1. The van der Waals surface area contributed by atoms with Crippen molar-refractivity contribution >= 4 is 5.84 Å². The molecule has 1 rings (SSSR count). The summed E-state index contributed by atoms with van der Waals surface area (Å²) in [6, 6.07) is 3.48. The van der Waals surface area contributed by atoms with Crippen molar-refractivity contribution in [3.63, 3.8) is 0 Å². The Morgan fingerprint density at radius 1 is 1.67 bits per heavy atom. The predicted molar refractivity (Wildman–Crippen MR) is 60.3 cm³/mol. The summed E-state index contributed by atoms with van der Waals surface area (Å²) in [7, 11) is 0. The first-order valence-corrected chi connectivity index (χ1v) is 5.11. The van der Waals surface area contributed by atoms with E-state index < -0.39 is 0 Å². The number of hydrogen-bond acceptors (Lipinski definition) is 3. The van der Waals surface area contributed by atoms with Crippen LogP contribution in [-0.2, 0) is 0 Å². The third-order valence-electron chi connectivity index (χ3n) is 2.07. The molecule has 0 aromatic carbocycles. The molecule has 0 saturated heterocycles. The van der Waals surface area contributed by atoms with Crippen LogP contribution in [0.1, 0.15) is 32.3 Å². The van der Waals surface area contributed by atoms with Crippen LogP contribution in [0.4, 0.5) is 0 Å². The minimum atomic E-state index is -0.0122. The van der Waals surface area contributed by atoms with Gasteiger partial charge in [0.25, 0.3) is 0 Å². The minimum Gasteiger partial charge on any atom is -0.474 e. The fourth-order valence-corrected chi connectivity index (χ4v) is 1.35. The molecule has 1 atom stereocenters. The van der Waals surface area contributed by atoms with Crippen LogP contribution in [0.15, 0.2) is 18.3 Å². The van der Waals surface area contributed by atoms with E-state index in [9.17, 15) is 0 Å². The van der Waals surface area contributed by atoms with E-state index in [2.05, 4.69) is 11.9 Å². The molecule has 4 heteroatoms. The average molecular weight is 207 g/mol. The number of aromatic nitrogens is 1. The first-order chi connectivity index (χ1) is 7.15. The van der Waals surface area contributed by atoms with Gasteiger partial charge >= 0.3 is 0 Å². The van der Waals surface area contributed by atoms with Gasteiger partial charge in [-0.2, -0.15) is 0 Å². The first-order valence-electron chi connectivity index (χ1n) is 5.11. The van der Waals surface area contributed by atoms with Gasteiger partial charge in [-0.1, -0.05) is 13.3 Å². The second kappa shape index (κ2) is 5.34. The van der Waals surface area contributed by atoms with E-state index in [0.29, 0.717) is 11.4 Å². The number of hydrogen-bond donors (Lipinski definition) is 2. The van der Waals surface area contributed by atoms with Crippen molar-refractivity contribution < 1.29 is 4.74 Å². The lowest BCUT2D eigenvalue weighted by Crippen LogP contribution is -2.18. The molecule has 0 aliphatic carbocycles. The maximum Gasteiger partial charge on any atom is 0.224 e. The van der Waals surface area contributed by atoms with Crippen molar-refractivity contribution in [1.29, 1.82) is 5.41 Å². The number of nitrogens with one attached hydrogen (secondary N) is 1. The van der Waals surface area contributed by atoms with Crippen molar-refractivity contribution in [2.24, 2.45) is 5.73 Å². The van der Waals surface area contributed by atoms with Crippen molar-refractivity contribution in [3.8, 4) is 5.88 Å². The molecule has 0 saturated carbocycles. The number of nitrogen functional groups attached to an aromatic ring is 1. The molecule has 0 aliphatic rings. The quantitative estimate of drug-likeness (QED) is 0.572. The van der Waals surface area contributed by atoms with Crippen LogP contribution in [0.2, 0.25) is 0 Å². The summed E-state index contributed by atoms with van der Waals surface area (Å²) in [5.74, 6) is 0.438. The fraction of sp³-hybridized carbons (Fsp3) is 0.455. The molecule has 82 valence electrons. The van der Waals surface area contributed by atoms with Gasteiger partial charge < -0.3 is 10.5 Å². The third-order valence-corrected chi connectivity index (χ3v) is 2.07. The number of amidine groups is 1. The standard InChI is InChI=1S/C11H17N3O/c1-3-5-8(2)15-11-9(10(12)13)6-4-7-14-11/h4,6-8H,3,5H2,1-2H3,(H3,12,13). The molecule has 0 amide bonds. The van der Waals surface area contributed by atoms with Crippen LogP contribution in [0.3, 0.4) is 0 Å². The molecule has 0 fully saturated rings. The Kier molecular flexibility index (Phi) is 4.09. The summed E-state index contributed by atoms with van der Waals surface area (Å²) < 4.78 is 5.62. The topological polar surface area (TPSA) is 72.0 Å². The molecule has 3 N–H and O–H groups in total. The van der Waals surface area contributed by atoms with Crippen molar-refractivity contribution in [2.75, 3.05) is 0 Å². The summed E-state index contributed by atoms with van der Waals surface area (Å²) >= 11 is 0. The summed E-state index contributed by atoms with van der Waals surface area (Å²) in [5.41, 5.74) is 5.98. The number of ether oxygens (including phenoxy) is 1. The average Bonchev–Trinajstić information content (AvgIpc) is 2.18. The van der Waals surface area contributed by atoms with Crippen LogP contribution in [0, 0.1) is 5.41 Å². The highest BCUT2D eigenvalue weighted by Crippen LogP contribution is 2.16. The van der Waals surface area contributed by atoms with Crippen LogP contribution in [0.25, 0.3) is 0 Å². The fourth-order valence-electron chi connectivity index (χ4n) is 1.35. The summed E-state index contributed by atoms with van der Waals surface area (Å²) in [4.78, 5) is 4.08. The van der Waals surface area contributed by atoms with Crippen LogP contribution in [-0.4, -0.2) is 16.9 Å². The number of nitrogens with zero attached hydrogens (tertiary/aromatic N) is 1. The Bertz CT molecular complexity index is 338. The van der Waals surface area contributed by atoms with E-state index in [-0.39, 0.29) is 11.9 Å². The zero-order chi connectivity index (χ0) is 11.3. The summed E-state index contributed by atoms with van der Waals surface area (Å²) in [5, 5.41) is 7.38. The van der Waals surface area contributed by atoms with Gasteiger partial charge in [0.05, 0.1) is 11.7 Å². The highest BCUT2D eigenvalue weighted by molar-refractivity contribution is 5.96. The van der Waals surface area contributed by atoms with Gasteiger partial charge in [-0.25, -0.2) is 4.98 Å². The van der Waals surface area contributed by atoms with E-state index in [1.807, 2.05) is 6.92 Å². The molecule has 4 nitrogen and oxygen atoms in total. The Balaban J connectivity index is 2.79. The van der Waals surface area contributed by atoms with Crippen LogP contribution >= 0.6 is 0 Å². The molecule has 1 heterocycles. The summed E-state index contributed by atoms with van der Waals surface area (Å²) in [6.45, 7) is 4.09. The van der Waals surface area contributed by atoms with E-state index in [1.54, 1.807) is 18.3 Å². The highest BCUT2D eigenvalue weighted by Gasteiger charge is 2.10. The number of nitrogens with two attached hydrogens (primary N) is 1. The lowest BCUT2D eigenvalue weighted by molar-refractivity contribution is 0.201. The van der Waals surface area contributed by atoms with Crippen LogP contribution in [0.5, 0.6) is 5.88 Å². The van der Waals surface area contributed by atoms with Gasteiger partial charge in [-0.05, 0) is 25.5 Å².